The predicted molar refractivity (Wildman–Crippen MR) is 92.0 cm³/mol. The summed E-state index contributed by atoms with van der Waals surface area (Å²) in [7, 11) is 0. The van der Waals surface area contributed by atoms with E-state index >= 15 is 0 Å². The maximum atomic E-state index is 4.23. The standard InChI is InChI=1S/C19H22N4/c1-15-8-16(2)10-17(9-15)11-21-19(12-23-14-20-13-22-23)18-6-4-3-5-7-18/h3-10,13-14,19,21H,11-12H2,1-2H3/t19-/m1/s1. The Bertz CT molecular complexity index is 715. The summed E-state index contributed by atoms with van der Waals surface area (Å²) in [5.41, 5.74) is 5.16. The summed E-state index contributed by atoms with van der Waals surface area (Å²) >= 11 is 0. The molecule has 118 valence electrons. The third kappa shape index (κ3) is 4.27. The molecule has 0 fully saturated rings. The second-order valence-electron chi connectivity index (χ2n) is 5.96. The molecular weight excluding hydrogens is 284 g/mol. The number of nitrogens with one attached hydrogen (secondary N) is 1. The molecule has 1 heterocycles. The quantitative estimate of drug-likeness (QED) is 0.759. The fraction of sp³-hybridized carbons (Fsp3) is 0.263. The maximum absolute atomic E-state index is 4.23. The van der Waals surface area contributed by atoms with Gasteiger partial charge < -0.3 is 5.32 Å². The van der Waals surface area contributed by atoms with E-state index in [9.17, 15) is 0 Å². The number of aryl methyl sites for hydroxylation is 2. The molecule has 1 aromatic heterocycles. The maximum Gasteiger partial charge on any atom is 0.137 e. The van der Waals surface area contributed by atoms with E-state index in [1.54, 1.807) is 12.7 Å². The first-order chi connectivity index (χ1) is 11.2. The zero-order chi connectivity index (χ0) is 16.1. The van der Waals surface area contributed by atoms with Crippen LogP contribution in [0, 0.1) is 13.8 Å². The normalized spacial score (nSPS) is 12.3. The van der Waals surface area contributed by atoms with Gasteiger partial charge in [0, 0.05) is 6.54 Å². The second kappa shape index (κ2) is 7.20. The number of hydrogen-bond donors (Lipinski definition) is 1. The molecule has 0 bridgehead atoms. The van der Waals surface area contributed by atoms with Crippen molar-refractivity contribution >= 4 is 0 Å². The van der Waals surface area contributed by atoms with Crippen molar-refractivity contribution in [1.29, 1.82) is 0 Å². The molecule has 2 aromatic carbocycles. The van der Waals surface area contributed by atoms with E-state index in [2.05, 4.69) is 71.7 Å². The van der Waals surface area contributed by atoms with Crippen LogP contribution in [0.4, 0.5) is 0 Å². The lowest BCUT2D eigenvalue weighted by Gasteiger charge is -2.19. The Kier molecular flexibility index (Phi) is 4.83. The van der Waals surface area contributed by atoms with Crippen LogP contribution in [0.1, 0.15) is 28.3 Å². The van der Waals surface area contributed by atoms with E-state index in [4.69, 9.17) is 0 Å². The van der Waals surface area contributed by atoms with Crippen LogP contribution in [0.2, 0.25) is 0 Å². The van der Waals surface area contributed by atoms with Gasteiger partial charge in [-0.1, -0.05) is 59.7 Å². The zero-order valence-corrected chi connectivity index (χ0v) is 13.6. The van der Waals surface area contributed by atoms with E-state index < -0.39 is 0 Å². The van der Waals surface area contributed by atoms with Gasteiger partial charge >= 0.3 is 0 Å². The lowest BCUT2D eigenvalue weighted by molar-refractivity contribution is 0.436. The number of aromatic nitrogens is 3. The first-order valence-corrected chi connectivity index (χ1v) is 7.88. The summed E-state index contributed by atoms with van der Waals surface area (Å²) < 4.78 is 1.87. The molecule has 3 rings (SSSR count). The summed E-state index contributed by atoms with van der Waals surface area (Å²) in [5, 5.41) is 7.89. The Morgan fingerprint density at radius 3 is 2.43 bits per heavy atom. The molecule has 4 nitrogen and oxygen atoms in total. The molecule has 0 aliphatic carbocycles. The molecule has 0 spiro atoms. The highest BCUT2D eigenvalue weighted by atomic mass is 15.3. The summed E-state index contributed by atoms with van der Waals surface area (Å²) in [6.45, 7) is 5.87. The summed E-state index contributed by atoms with van der Waals surface area (Å²) in [6, 6.07) is 17.3. The van der Waals surface area contributed by atoms with E-state index in [0.29, 0.717) is 0 Å². The Labute approximate surface area is 137 Å². The van der Waals surface area contributed by atoms with Gasteiger partial charge in [0.05, 0.1) is 12.6 Å². The molecule has 1 N–H and O–H groups in total. The van der Waals surface area contributed by atoms with E-state index in [0.717, 1.165) is 13.1 Å². The minimum atomic E-state index is 0.193. The molecule has 23 heavy (non-hydrogen) atoms. The highest BCUT2D eigenvalue weighted by Crippen LogP contribution is 2.16. The van der Waals surface area contributed by atoms with Crippen molar-refractivity contribution in [3.05, 3.63) is 83.4 Å². The SMILES string of the molecule is Cc1cc(C)cc(CN[C@H](Cn2cncn2)c2ccccc2)c1. The monoisotopic (exact) mass is 306 g/mol. The van der Waals surface area contributed by atoms with Crippen LogP contribution in [-0.2, 0) is 13.1 Å². The van der Waals surface area contributed by atoms with Gasteiger partial charge in [-0.15, -0.1) is 0 Å². The Morgan fingerprint density at radius 2 is 1.78 bits per heavy atom. The van der Waals surface area contributed by atoms with Gasteiger partial charge in [-0.3, -0.25) is 4.68 Å². The van der Waals surface area contributed by atoms with Crippen molar-refractivity contribution < 1.29 is 0 Å². The van der Waals surface area contributed by atoms with Crippen LogP contribution >= 0.6 is 0 Å². The number of benzene rings is 2. The number of hydrogen-bond acceptors (Lipinski definition) is 3. The van der Waals surface area contributed by atoms with Crippen molar-refractivity contribution in [1.82, 2.24) is 20.1 Å². The second-order valence-corrected chi connectivity index (χ2v) is 5.96. The van der Waals surface area contributed by atoms with Crippen LogP contribution in [0.15, 0.2) is 61.2 Å². The molecular formula is C19H22N4. The van der Waals surface area contributed by atoms with Gasteiger partial charge in [0.15, 0.2) is 0 Å². The predicted octanol–water partition coefficient (Wildman–Crippen LogP) is 3.43. The van der Waals surface area contributed by atoms with Gasteiger partial charge in [-0.05, 0) is 25.0 Å². The van der Waals surface area contributed by atoms with Crippen LogP contribution in [0.5, 0.6) is 0 Å². The lowest BCUT2D eigenvalue weighted by Crippen LogP contribution is -2.25. The van der Waals surface area contributed by atoms with E-state index in [-0.39, 0.29) is 6.04 Å². The van der Waals surface area contributed by atoms with E-state index in [1.165, 1.54) is 22.3 Å². The van der Waals surface area contributed by atoms with Crippen LogP contribution in [0.25, 0.3) is 0 Å². The fourth-order valence-corrected chi connectivity index (χ4v) is 2.90. The third-order valence-corrected chi connectivity index (χ3v) is 3.87. The van der Waals surface area contributed by atoms with Crippen molar-refractivity contribution in [2.45, 2.75) is 33.0 Å². The molecule has 4 heteroatoms. The summed E-state index contributed by atoms with van der Waals surface area (Å²) in [5.74, 6) is 0. The van der Waals surface area contributed by atoms with Gasteiger partial charge in [0.2, 0.25) is 0 Å². The van der Waals surface area contributed by atoms with Gasteiger partial charge in [-0.25, -0.2) is 4.98 Å². The van der Waals surface area contributed by atoms with Crippen molar-refractivity contribution in [2.75, 3.05) is 0 Å². The van der Waals surface area contributed by atoms with Gasteiger partial charge in [-0.2, -0.15) is 5.10 Å². The smallest absolute Gasteiger partial charge is 0.137 e. The average molecular weight is 306 g/mol. The van der Waals surface area contributed by atoms with Crippen LogP contribution in [-0.4, -0.2) is 14.8 Å². The molecule has 0 aliphatic heterocycles. The van der Waals surface area contributed by atoms with E-state index in [1.807, 2.05) is 10.7 Å². The number of nitrogens with zero attached hydrogens (tertiary/aromatic N) is 3. The average Bonchev–Trinajstić information content (AvgIpc) is 3.04. The first kappa shape index (κ1) is 15.4. The summed E-state index contributed by atoms with van der Waals surface area (Å²) in [4.78, 5) is 4.03. The topological polar surface area (TPSA) is 42.7 Å². The molecule has 0 amide bonds. The van der Waals surface area contributed by atoms with Crippen LogP contribution < -0.4 is 5.32 Å². The fourth-order valence-electron chi connectivity index (χ4n) is 2.90. The van der Waals surface area contributed by atoms with Crippen LogP contribution in [0.3, 0.4) is 0 Å². The number of rotatable bonds is 6. The van der Waals surface area contributed by atoms with Gasteiger partial charge in [0.25, 0.3) is 0 Å². The molecule has 1 atom stereocenters. The molecule has 0 unspecified atom stereocenters. The van der Waals surface area contributed by atoms with Crippen molar-refractivity contribution in [3.8, 4) is 0 Å². The first-order valence-electron chi connectivity index (χ1n) is 7.88. The van der Waals surface area contributed by atoms with Crippen molar-refractivity contribution in [3.63, 3.8) is 0 Å². The Balaban J connectivity index is 1.75. The molecule has 3 aromatic rings. The minimum Gasteiger partial charge on any atom is -0.304 e. The van der Waals surface area contributed by atoms with Crippen molar-refractivity contribution in [2.24, 2.45) is 0 Å². The minimum absolute atomic E-state index is 0.193. The lowest BCUT2D eigenvalue weighted by atomic mass is 10.0. The summed E-state index contributed by atoms with van der Waals surface area (Å²) in [6.07, 6.45) is 3.33. The Morgan fingerprint density at radius 1 is 1.04 bits per heavy atom. The molecule has 0 saturated heterocycles. The Hall–Kier alpha value is -2.46. The largest absolute Gasteiger partial charge is 0.304 e. The highest BCUT2D eigenvalue weighted by molar-refractivity contribution is 5.28. The molecule has 0 saturated carbocycles. The molecule has 0 aliphatic rings. The highest BCUT2D eigenvalue weighted by Gasteiger charge is 2.12. The zero-order valence-electron chi connectivity index (χ0n) is 13.6. The third-order valence-electron chi connectivity index (χ3n) is 3.87. The van der Waals surface area contributed by atoms with Gasteiger partial charge in [0.1, 0.15) is 12.7 Å². The molecule has 0 radical (unpaired) electrons.